The zero-order valence-electron chi connectivity index (χ0n) is 10.5. The molecule has 0 amide bonds. The van der Waals surface area contributed by atoms with Gasteiger partial charge in [0.15, 0.2) is 0 Å². The van der Waals surface area contributed by atoms with E-state index in [-0.39, 0.29) is 11.0 Å². The van der Waals surface area contributed by atoms with Crippen molar-refractivity contribution in [2.75, 3.05) is 12.0 Å². The SMILES string of the molecule is O=c1[nH]c2ccc(NC3=C4C=CNC4NCN3)cc2s1. The van der Waals surface area contributed by atoms with Crippen LogP contribution in [0.15, 0.2) is 46.7 Å². The summed E-state index contributed by atoms with van der Waals surface area (Å²) in [5, 5.41) is 13.2. The first-order valence-corrected chi connectivity index (χ1v) is 7.15. The third-order valence-electron chi connectivity index (χ3n) is 3.39. The second kappa shape index (κ2) is 4.39. The van der Waals surface area contributed by atoms with Gasteiger partial charge in [-0.3, -0.25) is 10.1 Å². The molecule has 0 bridgehead atoms. The van der Waals surface area contributed by atoms with Gasteiger partial charge in [0, 0.05) is 11.3 Å². The van der Waals surface area contributed by atoms with E-state index in [1.807, 2.05) is 30.5 Å². The number of hydrogen-bond acceptors (Lipinski definition) is 6. The van der Waals surface area contributed by atoms with Crippen molar-refractivity contribution >= 4 is 27.2 Å². The first kappa shape index (κ1) is 11.6. The van der Waals surface area contributed by atoms with Crippen LogP contribution in [-0.2, 0) is 0 Å². The number of anilines is 1. The fourth-order valence-corrected chi connectivity index (χ4v) is 3.22. The van der Waals surface area contributed by atoms with E-state index in [1.54, 1.807) is 0 Å². The number of hydrogen-bond donors (Lipinski definition) is 5. The summed E-state index contributed by atoms with van der Waals surface area (Å²) in [6.45, 7) is 0.699. The molecule has 7 heteroatoms. The van der Waals surface area contributed by atoms with Crippen LogP contribution >= 0.6 is 11.3 Å². The predicted octanol–water partition coefficient (Wildman–Crippen LogP) is 0.806. The fourth-order valence-electron chi connectivity index (χ4n) is 2.44. The summed E-state index contributed by atoms with van der Waals surface area (Å²) < 4.78 is 0.955. The predicted molar refractivity (Wildman–Crippen MR) is 80.3 cm³/mol. The molecule has 0 saturated carbocycles. The highest BCUT2D eigenvalue weighted by Crippen LogP contribution is 2.22. The zero-order chi connectivity index (χ0) is 13.5. The molecule has 4 rings (SSSR count). The quantitative estimate of drug-likeness (QED) is 0.565. The second-order valence-corrected chi connectivity index (χ2v) is 5.69. The first-order chi connectivity index (χ1) is 9.79. The molecule has 0 spiro atoms. The standard InChI is InChI=1S/C13H13N5OS/c19-13-18-9-2-1-7(5-10(9)20-13)17-12-8-3-4-14-11(8)15-6-16-12/h1-5,11,14-17H,6H2,(H,18,19). The highest BCUT2D eigenvalue weighted by molar-refractivity contribution is 7.16. The van der Waals surface area contributed by atoms with Crippen LogP contribution in [0, 0.1) is 0 Å². The summed E-state index contributed by atoms with van der Waals surface area (Å²) in [6, 6.07) is 5.86. The summed E-state index contributed by atoms with van der Waals surface area (Å²) in [6.07, 6.45) is 4.13. The fraction of sp³-hybridized carbons (Fsp3) is 0.154. The normalized spacial score (nSPS) is 20.7. The molecule has 1 aromatic carbocycles. The third-order valence-corrected chi connectivity index (χ3v) is 4.23. The van der Waals surface area contributed by atoms with Crippen molar-refractivity contribution in [2.45, 2.75) is 6.17 Å². The third kappa shape index (κ3) is 1.87. The lowest BCUT2D eigenvalue weighted by molar-refractivity contribution is 0.493. The van der Waals surface area contributed by atoms with E-state index in [2.05, 4.69) is 26.3 Å². The molecule has 1 aromatic heterocycles. The van der Waals surface area contributed by atoms with Gasteiger partial charge in [-0.2, -0.15) is 0 Å². The van der Waals surface area contributed by atoms with Gasteiger partial charge in [-0.05, 0) is 30.5 Å². The first-order valence-electron chi connectivity index (χ1n) is 6.33. The second-order valence-electron chi connectivity index (χ2n) is 4.67. The lowest BCUT2D eigenvalue weighted by Crippen LogP contribution is -2.49. The van der Waals surface area contributed by atoms with Crippen molar-refractivity contribution in [2.24, 2.45) is 0 Å². The van der Waals surface area contributed by atoms with Gasteiger partial charge in [0.1, 0.15) is 12.0 Å². The lowest BCUT2D eigenvalue weighted by atomic mass is 10.2. The van der Waals surface area contributed by atoms with Crippen LogP contribution in [0.25, 0.3) is 10.2 Å². The molecule has 2 aromatic rings. The minimum absolute atomic E-state index is 0.0258. The molecule has 2 aliphatic heterocycles. The van der Waals surface area contributed by atoms with E-state index >= 15 is 0 Å². The minimum Gasteiger partial charge on any atom is -0.372 e. The van der Waals surface area contributed by atoms with Gasteiger partial charge in [-0.1, -0.05) is 11.3 Å². The Morgan fingerprint density at radius 1 is 1.35 bits per heavy atom. The summed E-state index contributed by atoms with van der Waals surface area (Å²) in [5.41, 5.74) is 2.99. The minimum atomic E-state index is -0.0258. The van der Waals surface area contributed by atoms with Crippen LogP contribution in [0.2, 0.25) is 0 Å². The largest absolute Gasteiger partial charge is 0.372 e. The van der Waals surface area contributed by atoms with Crippen molar-refractivity contribution in [1.82, 2.24) is 20.9 Å². The van der Waals surface area contributed by atoms with Gasteiger partial charge < -0.3 is 20.9 Å². The van der Waals surface area contributed by atoms with Crippen LogP contribution in [0.1, 0.15) is 0 Å². The Kier molecular flexibility index (Phi) is 2.54. The molecule has 3 heterocycles. The maximum Gasteiger partial charge on any atom is 0.305 e. The number of H-pyrrole nitrogens is 1. The monoisotopic (exact) mass is 287 g/mol. The highest BCUT2D eigenvalue weighted by Gasteiger charge is 2.23. The molecule has 20 heavy (non-hydrogen) atoms. The van der Waals surface area contributed by atoms with Crippen LogP contribution in [0.3, 0.4) is 0 Å². The number of fused-ring (bicyclic) bond motifs is 2. The van der Waals surface area contributed by atoms with Crippen LogP contribution < -0.4 is 26.1 Å². The summed E-state index contributed by atoms with van der Waals surface area (Å²) >= 11 is 1.22. The molecule has 5 N–H and O–H groups in total. The summed E-state index contributed by atoms with van der Waals surface area (Å²) in [5.74, 6) is 0.984. The van der Waals surface area contributed by atoms with Gasteiger partial charge in [0.2, 0.25) is 0 Å². The van der Waals surface area contributed by atoms with Crippen LogP contribution in [0.4, 0.5) is 5.69 Å². The Balaban J connectivity index is 1.70. The molecular weight excluding hydrogens is 274 g/mol. The van der Waals surface area contributed by atoms with E-state index in [0.29, 0.717) is 6.67 Å². The number of thiazole rings is 1. The van der Waals surface area contributed by atoms with E-state index in [9.17, 15) is 4.79 Å². The topological polar surface area (TPSA) is 81.0 Å². The average Bonchev–Trinajstić information content (AvgIpc) is 3.03. The molecule has 102 valence electrons. The van der Waals surface area contributed by atoms with Crippen molar-refractivity contribution in [1.29, 1.82) is 0 Å². The number of benzene rings is 1. The molecule has 2 aliphatic rings. The summed E-state index contributed by atoms with van der Waals surface area (Å²) in [7, 11) is 0. The van der Waals surface area contributed by atoms with Gasteiger partial charge in [0.05, 0.1) is 16.9 Å². The van der Waals surface area contributed by atoms with E-state index < -0.39 is 0 Å². The Morgan fingerprint density at radius 3 is 3.25 bits per heavy atom. The zero-order valence-corrected chi connectivity index (χ0v) is 11.3. The van der Waals surface area contributed by atoms with Crippen molar-refractivity contribution < 1.29 is 0 Å². The smallest absolute Gasteiger partial charge is 0.305 e. The molecule has 0 saturated heterocycles. The molecule has 0 aliphatic carbocycles. The maximum atomic E-state index is 11.3. The van der Waals surface area contributed by atoms with Gasteiger partial charge >= 0.3 is 4.87 Å². The van der Waals surface area contributed by atoms with Gasteiger partial charge in [-0.25, -0.2) is 0 Å². The highest BCUT2D eigenvalue weighted by atomic mass is 32.1. The molecule has 0 radical (unpaired) electrons. The molecule has 6 nitrogen and oxygen atoms in total. The number of aromatic amines is 1. The van der Waals surface area contributed by atoms with Gasteiger partial charge in [0.25, 0.3) is 0 Å². The Morgan fingerprint density at radius 2 is 2.30 bits per heavy atom. The van der Waals surface area contributed by atoms with E-state index in [4.69, 9.17) is 0 Å². The van der Waals surface area contributed by atoms with E-state index in [0.717, 1.165) is 27.3 Å². The number of nitrogens with one attached hydrogen (secondary N) is 5. The van der Waals surface area contributed by atoms with Crippen LogP contribution in [-0.4, -0.2) is 17.8 Å². The van der Waals surface area contributed by atoms with Gasteiger partial charge in [-0.15, -0.1) is 0 Å². The van der Waals surface area contributed by atoms with Crippen LogP contribution in [0.5, 0.6) is 0 Å². The maximum absolute atomic E-state index is 11.3. The van der Waals surface area contributed by atoms with Crippen molar-refractivity contribution in [3.8, 4) is 0 Å². The Hall–Kier alpha value is -2.25. The average molecular weight is 287 g/mol. The van der Waals surface area contributed by atoms with E-state index in [1.165, 1.54) is 11.3 Å². The summed E-state index contributed by atoms with van der Waals surface area (Å²) in [4.78, 5) is 14.1. The molecule has 1 unspecified atom stereocenters. The Labute approximate surface area is 118 Å². The molecule has 1 atom stereocenters. The van der Waals surface area contributed by atoms with Crippen molar-refractivity contribution in [3.63, 3.8) is 0 Å². The lowest BCUT2D eigenvalue weighted by Gasteiger charge is -2.27. The molecular formula is C13H13N5OS. The van der Waals surface area contributed by atoms with Crippen molar-refractivity contribution in [3.05, 3.63) is 51.5 Å². The molecule has 0 fully saturated rings. The Bertz CT molecular complexity index is 787. The number of rotatable bonds is 2. The number of aromatic nitrogens is 1.